The van der Waals surface area contributed by atoms with E-state index in [0.29, 0.717) is 10.8 Å². The van der Waals surface area contributed by atoms with Crippen molar-refractivity contribution in [2.45, 2.75) is 155 Å². The van der Waals surface area contributed by atoms with Gasteiger partial charge in [0.05, 0.1) is 0 Å². The fourth-order valence-electron chi connectivity index (χ4n) is 10.8. The standard InChI is InChI=1S/2C27H33.C2H6Si.2ClH.Zr/c2*1-2-16-27(17-9-4-3-5-10-18-27)21-22-19-24-14-11-15-25(26(24)20-22)23-12-7-6-8-13-23;1-3-2;;;/h2*6-8,11-15,19-20H,2-5,9-10,16-18,21H2,1H3;1-2H3;2*1H;/q2*-1;;;;+2/p-2. The van der Waals surface area contributed by atoms with Crippen LogP contribution in [0.15, 0.2) is 121 Å². The van der Waals surface area contributed by atoms with Crippen LogP contribution in [0.3, 0.4) is 0 Å². The maximum atomic E-state index is 2.49. The molecule has 0 atom stereocenters. The first-order valence-corrected chi connectivity index (χ1v) is 29.5. The summed E-state index contributed by atoms with van der Waals surface area (Å²) in [6, 6.07) is 45.2. The molecule has 8 rings (SSSR count). The van der Waals surface area contributed by atoms with Crippen LogP contribution in [-0.2, 0) is 36.2 Å². The molecule has 6 aromatic rings. The van der Waals surface area contributed by atoms with Gasteiger partial charge in [0.2, 0.25) is 0 Å². The van der Waals surface area contributed by atoms with Gasteiger partial charge in [0.15, 0.2) is 0 Å². The van der Waals surface area contributed by atoms with Gasteiger partial charge in [0, 0.05) is 0 Å². The second kappa shape index (κ2) is 25.8. The molecule has 4 heteroatoms. The van der Waals surface area contributed by atoms with E-state index in [1.807, 2.05) is 0 Å². The van der Waals surface area contributed by atoms with Gasteiger partial charge in [-0.2, -0.15) is 12.1 Å². The van der Waals surface area contributed by atoms with Gasteiger partial charge in [-0.25, -0.2) is 0 Å². The summed E-state index contributed by atoms with van der Waals surface area (Å²) < 4.78 is 0. The van der Waals surface area contributed by atoms with E-state index in [0.717, 1.165) is 0 Å². The van der Waals surface area contributed by atoms with Crippen LogP contribution in [0, 0.1) is 10.8 Å². The predicted molar refractivity (Wildman–Crippen MR) is 254 cm³/mol. The van der Waals surface area contributed by atoms with Crippen molar-refractivity contribution in [2.75, 3.05) is 0 Å². The molecule has 0 aliphatic heterocycles. The Balaban J connectivity index is 0.000000236. The zero-order valence-corrected chi connectivity index (χ0v) is 42.4. The molecule has 0 bridgehead atoms. The monoisotopic (exact) mass is 932 g/mol. The predicted octanol–water partition coefficient (Wildman–Crippen LogP) is 11.4. The van der Waals surface area contributed by atoms with E-state index < -0.39 is 0 Å². The molecule has 0 heterocycles. The Morgan fingerprint density at radius 3 is 1.15 bits per heavy atom. The quantitative estimate of drug-likeness (QED) is 0.0948. The Bertz CT molecular complexity index is 1960. The second-order valence-electron chi connectivity index (χ2n) is 18.5. The molecule has 2 saturated carbocycles. The van der Waals surface area contributed by atoms with E-state index in [1.165, 1.54) is 172 Å². The van der Waals surface area contributed by atoms with Crippen molar-refractivity contribution in [2.24, 2.45) is 10.8 Å². The fourth-order valence-corrected chi connectivity index (χ4v) is 10.8. The average Bonchev–Trinajstić information content (AvgIpc) is 3.82. The first-order valence-electron chi connectivity index (χ1n) is 23.3. The summed E-state index contributed by atoms with van der Waals surface area (Å²) in [6.07, 6.45) is 28.0. The molecule has 0 amide bonds. The summed E-state index contributed by atoms with van der Waals surface area (Å²) in [6.45, 7) is 9.36. The fraction of sp³-hybridized carbons (Fsp3) is 0.464. The van der Waals surface area contributed by atoms with E-state index >= 15 is 0 Å². The summed E-state index contributed by atoms with van der Waals surface area (Å²) in [5.41, 5.74) is 9.80. The van der Waals surface area contributed by atoms with Crippen molar-refractivity contribution in [3.63, 3.8) is 0 Å². The molecule has 0 saturated heterocycles. The van der Waals surface area contributed by atoms with Crippen LogP contribution < -0.4 is 24.8 Å². The molecule has 320 valence electrons. The smallest absolute Gasteiger partial charge is 1.00 e. The average molecular weight is 935 g/mol. The minimum absolute atomic E-state index is 0. The molecule has 0 unspecified atom stereocenters. The van der Waals surface area contributed by atoms with Crippen LogP contribution in [0.1, 0.15) is 141 Å². The molecule has 6 aromatic carbocycles. The van der Waals surface area contributed by atoms with Crippen LogP contribution in [0.4, 0.5) is 0 Å². The Morgan fingerprint density at radius 2 is 0.817 bits per heavy atom. The molecule has 0 spiro atoms. The summed E-state index contributed by atoms with van der Waals surface area (Å²) in [5.74, 6) is 0. The molecule has 0 radical (unpaired) electrons. The number of halogens is 2. The van der Waals surface area contributed by atoms with Crippen molar-refractivity contribution in [3.8, 4) is 22.3 Å². The minimum atomic E-state index is 0. The van der Waals surface area contributed by atoms with Crippen LogP contribution in [0.25, 0.3) is 43.8 Å². The van der Waals surface area contributed by atoms with Crippen molar-refractivity contribution >= 4 is 27.0 Å². The number of rotatable bonds is 10. The molecular weight excluding hydrogens is 863 g/mol. The molecule has 0 nitrogen and oxygen atoms in total. The normalized spacial score (nSPS) is 16.2. The van der Waals surface area contributed by atoms with Gasteiger partial charge < -0.3 is 24.8 Å². The third-order valence-electron chi connectivity index (χ3n) is 13.3. The minimum Gasteiger partial charge on any atom is -1.00 e. The SMILES string of the molecule is CCCC1(Cc2cc3c(-c4ccccc4)cccc3[cH-]2)CCCCCCC1.CCCC1(Cc2cc3c(-c4ccccc4)cccc3[cH-]2)CCCCCCC1.C[Si](C)=[Zr+2].[Cl-].[Cl-]. The maximum Gasteiger partial charge on any atom is -1.00 e. The van der Waals surface area contributed by atoms with E-state index in [9.17, 15) is 0 Å². The Kier molecular flexibility index (Phi) is 21.7. The first kappa shape index (κ1) is 50.4. The third kappa shape index (κ3) is 14.4. The molecular formula is C56H72Cl2SiZr-2. The number of hydrogen-bond acceptors (Lipinski definition) is 0. The maximum absolute atomic E-state index is 2.49. The van der Waals surface area contributed by atoms with Crippen molar-refractivity contribution in [3.05, 3.63) is 132 Å². The van der Waals surface area contributed by atoms with Gasteiger partial charge >= 0.3 is 41.9 Å². The summed E-state index contributed by atoms with van der Waals surface area (Å²) in [7, 11) is 0. The third-order valence-corrected chi connectivity index (χ3v) is 13.3. The molecule has 2 aliphatic carbocycles. The van der Waals surface area contributed by atoms with Gasteiger partial charge in [0.1, 0.15) is 0 Å². The number of fused-ring (bicyclic) bond motifs is 2. The summed E-state index contributed by atoms with van der Waals surface area (Å²) >= 11 is 1.74. The van der Waals surface area contributed by atoms with Crippen LogP contribution >= 0.6 is 0 Å². The molecule has 60 heavy (non-hydrogen) atoms. The molecule has 2 fully saturated rings. The Morgan fingerprint density at radius 1 is 0.483 bits per heavy atom. The molecule has 0 aromatic heterocycles. The number of benzene rings is 4. The summed E-state index contributed by atoms with van der Waals surface area (Å²) in [5, 5.41) is 5.67. The first-order chi connectivity index (χ1) is 28.3. The molecule has 2 aliphatic rings. The van der Waals surface area contributed by atoms with Crippen LogP contribution in [0.2, 0.25) is 13.1 Å². The van der Waals surface area contributed by atoms with Crippen LogP contribution in [0.5, 0.6) is 0 Å². The zero-order valence-electron chi connectivity index (χ0n) is 37.4. The topological polar surface area (TPSA) is 0 Å². The van der Waals surface area contributed by atoms with E-state index in [-0.39, 0.29) is 30.2 Å². The largest absolute Gasteiger partial charge is 1.00 e. The summed E-state index contributed by atoms with van der Waals surface area (Å²) in [4.78, 5) is 0. The van der Waals surface area contributed by atoms with Crippen molar-refractivity contribution in [1.29, 1.82) is 0 Å². The number of hydrogen-bond donors (Lipinski definition) is 0. The second-order valence-corrected chi connectivity index (χ2v) is 27.8. The van der Waals surface area contributed by atoms with Crippen molar-refractivity contribution < 1.29 is 48.1 Å². The zero-order chi connectivity index (χ0) is 40.6. The van der Waals surface area contributed by atoms with Gasteiger partial charge in [-0.3, -0.25) is 0 Å². The van der Waals surface area contributed by atoms with E-state index in [1.54, 1.807) is 34.5 Å². The molecule has 0 N–H and O–H groups in total. The van der Waals surface area contributed by atoms with Crippen LogP contribution in [-0.4, -0.2) is 5.43 Å². The van der Waals surface area contributed by atoms with Crippen molar-refractivity contribution in [1.82, 2.24) is 0 Å². The Hall–Kier alpha value is -2.22. The van der Waals surface area contributed by atoms with Gasteiger partial charge in [-0.05, 0) is 73.3 Å². The van der Waals surface area contributed by atoms with Gasteiger partial charge in [-0.1, -0.05) is 175 Å². The van der Waals surface area contributed by atoms with Gasteiger partial charge in [-0.15, -0.1) is 69.1 Å². The Labute approximate surface area is 393 Å². The van der Waals surface area contributed by atoms with E-state index in [4.69, 9.17) is 0 Å². The van der Waals surface area contributed by atoms with Gasteiger partial charge in [0.25, 0.3) is 0 Å². The van der Waals surface area contributed by atoms with E-state index in [2.05, 4.69) is 148 Å².